The van der Waals surface area contributed by atoms with Gasteiger partial charge in [-0.1, -0.05) is 116 Å². The van der Waals surface area contributed by atoms with Crippen LogP contribution in [0.2, 0.25) is 0 Å². The Kier molecular flexibility index (Phi) is 4.79. The second-order valence-corrected chi connectivity index (χ2v) is 11.4. The van der Waals surface area contributed by atoms with Gasteiger partial charge in [-0.25, -0.2) is 0 Å². The highest BCUT2D eigenvalue weighted by atomic mass is 14.5. The molecule has 0 aliphatic heterocycles. The molecule has 2 atom stereocenters. The summed E-state index contributed by atoms with van der Waals surface area (Å²) in [6.45, 7) is 10.4. The minimum atomic E-state index is 0.605. The lowest BCUT2D eigenvalue weighted by Crippen LogP contribution is -2.02. The summed E-state index contributed by atoms with van der Waals surface area (Å²) < 4.78 is 0. The van der Waals surface area contributed by atoms with Gasteiger partial charge in [-0.3, -0.25) is 0 Å². The molecule has 0 spiro atoms. The van der Waals surface area contributed by atoms with Gasteiger partial charge in [0.05, 0.1) is 0 Å². The largest absolute Gasteiger partial charge is 0.0984 e. The van der Waals surface area contributed by atoms with Gasteiger partial charge in [0.1, 0.15) is 0 Å². The second kappa shape index (κ2) is 8.29. The van der Waals surface area contributed by atoms with Crippen molar-refractivity contribution >= 4 is 39.3 Å². The molecule has 0 bridgehead atoms. The van der Waals surface area contributed by atoms with Crippen LogP contribution in [-0.2, 0) is 0 Å². The Morgan fingerprint density at radius 2 is 1.46 bits per heavy atom. The van der Waals surface area contributed by atoms with Gasteiger partial charge in [-0.05, 0) is 115 Å². The molecule has 3 aliphatic carbocycles. The van der Waals surface area contributed by atoms with E-state index in [0.717, 1.165) is 17.5 Å². The summed E-state index contributed by atoms with van der Waals surface area (Å²) >= 11 is 0. The van der Waals surface area contributed by atoms with Crippen molar-refractivity contribution in [2.45, 2.75) is 31.6 Å². The summed E-state index contributed by atoms with van der Waals surface area (Å²) in [4.78, 5) is 0. The van der Waals surface area contributed by atoms with Gasteiger partial charge in [0, 0.05) is 0 Å². The van der Waals surface area contributed by atoms with Crippen molar-refractivity contribution in [2.24, 2.45) is 0 Å². The summed E-state index contributed by atoms with van der Waals surface area (Å²) in [6.07, 6.45) is 10.8. The third-order valence-corrected chi connectivity index (χ3v) is 9.24. The van der Waals surface area contributed by atoms with Crippen LogP contribution in [0.1, 0.15) is 59.4 Å². The minimum Gasteiger partial charge on any atom is -0.0984 e. The van der Waals surface area contributed by atoms with Crippen LogP contribution in [-0.4, -0.2) is 0 Å². The SMILES string of the molecule is C=Cc1cc(-c2ccc3c(c2)C2CC2c2c-3ccc3c(C4=CC=C(C)C4)cccc23)c2ccccc2c1C=C. The molecule has 5 aromatic carbocycles. The lowest BCUT2D eigenvalue weighted by Gasteiger charge is -2.23. The van der Waals surface area contributed by atoms with Crippen LogP contribution in [0.3, 0.4) is 0 Å². The lowest BCUT2D eigenvalue weighted by molar-refractivity contribution is 1.02. The first-order chi connectivity index (χ1) is 19.2. The highest BCUT2D eigenvalue weighted by molar-refractivity contribution is 6.05. The maximum Gasteiger partial charge on any atom is -0.00606 e. The Labute approximate surface area is 230 Å². The molecular weight excluding hydrogens is 468 g/mol. The number of rotatable bonds is 4. The van der Waals surface area contributed by atoms with Crippen molar-refractivity contribution in [1.29, 1.82) is 0 Å². The number of benzene rings is 5. The Hall–Kier alpha value is -4.42. The molecule has 0 aromatic heterocycles. The second-order valence-electron chi connectivity index (χ2n) is 11.4. The maximum absolute atomic E-state index is 4.10. The highest BCUT2D eigenvalue weighted by Crippen LogP contribution is 2.64. The molecule has 0 amide bonds. The monoisotopic (exact) mass is 498 g/mol. The quantitative estimate of drug-likeness (QED) is 0.231. The molecule has 1 saturated carbocycles. The Morgan fingerprint density at radius 1 is 0.667 bits per heavy atom. The fourth-order valence-corrected chi connectivity index (χ4v) is 7.34. The van der Waals surface area contributed by atoms with E-state index in [1.54, 1.807) is 5.56 Å². The van der Waals surface area contributed by atoms with Gasteiger partial charge in [0.2, 0.25) is 0 Å². The third kappa shape index (κ3) is 3.25. The molecule has 3 aliphatic rings. The van der Waals surface area contributed by atoms with E-state index in [0.29, 0.717) is 11.8 Å². The third-order valence-electron chi connectivity index (χ3n) is 9.24. The van der Waals surface area contributed by atoms with Crippen molar-refractivity contribution in [2.75, 3.05) is 0 Å². The minimum absolute atomic E-state index is 0.605. The van der Waals surface area contributed by atoms with Crippen LogP contribution >= 0.6 is 0 Å². The zero-order valence-electron chi connectivity index (χ0n) is 22.3. The van der Waals surface area contributed by atoms with E-state index in [1.807, 2.05) is 12.2 Å². The van der Waals surface area contributed by atoms with E-state index in [-0.39, 0.29) is 0 Å². The van der Waals surface area contributed by atoms with Gasteiger partial charge in [-0.15, -0.1) is 0 Å². The standard InChI is InChI=1S/C39H30/c1-4-24-20-35(30-10-7-6-9-29(30)27(24)5-2)26-15-16-32-34-18-17-31-28(25-14-13-23(3)19-25)11-8-12-33(31)39(34)38-22-37(38)36(32)21-26/h4-18,20-21,37-38H,1-2,19,22H2,3H3. The molecule has 186 valence electrons. The van der Waals surface area contributed by atoms with Crippen molar-refractivity contribution in [3.05, 3.63) is 138 Å². The number of hydrogen-bond donors (Lipinski definition) is 0. The molecule has 8 rings (SSSR count). The Bertz CT molecular complexity index is 1960. The first kappa shape index (κ1) is 22.6. The lowest BCUT2D eigenvalue weighted by atomic mass is 9.80. The summed E-state index contributed by atoms with van der Waals surface area (Å²) in [5, 5.41) is 5.35. The molecule has 0 heterocycles. The molecule has 1 fully saturated rings. The molecule has 0 saturated heterocycles. The predicted octanol–water partition coefficient (Wildman–Crippen LogP) is 10.9. The Balaban J connectivity index is 1.30. The fraction of sp³-hybridized carbons (Fsp3) is 0.128. The zero-order chi connectivity index (χ0) is 26.2. The molecule has 39 heavy (non-hydrogen) atoms. The van der Waals surface area contributed by atoms with E-state index in [2.05, 4.69) is 111 Å². The summed E-state index contributed by atoms with van der Waals surface area (Å²) in [5.74, 6) is 1.22. The van der Waals surface area contributed by atoms with E-state index >= 15 is 0 Å². The predicted molar refractivity (Wildman–Crippen MR) is 169 cm³/mol. The van der Waals surface area contributed by atoms with Crippen LogP contribution in [0.4, 0.5) is 0 Å². The Morgan fingerprint density at radius 3 is 2.26 bits per heavy atom. The smallest absolute Gasteiger partial charge is 0.00606 e. The van der Waals surface area contributed by atoms with Gasteiger partial charge in [0.15, 0.2) is 0 Å². The molecule has 0 heteroatoms. The van der Waals surface area contributed by atoms with Crippen molar-refractivity contribution < 1.29 is 0 Å². The fourth-order valence-electron chi connectivity index (χ4n) is 7.34. The molecule has 2 unspecified atom stereocenters. The first-order valence-electron chi connectivity index (χ1n) is 14.0. The molecule has 0 nitrogen and oxygen atoms in total. The number of fused-ring (bicyclic) bond motifs is 9. The van der Waals surface area contributed by atoms with Crippen LogP contribution in [0, 0.1) is 0 Å². The molecule has 0 N–H and O–H groups in total. The van der Waals surface area contributed by atoms with Gasteiger partial charge >= 0.3 is 0 Å². The van der Waals surface area contributed by atoms with Crippen LogP contribution in [0.5, 0.6) is 0 Å². The molecular formula is C39H30. The first-order valence-corrected chi connectivity index (χ1v) is 14.0. The normalized spacial score (nSPS) is 18.7. The van der Waals surface area contributed by atoms with E-state index < -0.39 is 0 Å². The maximum atomic E-state index is 4.10. The van der Waals surface area contributed by atoms with E-state index in [1.165, 1.54) is 72.5 Å². The number of allylic oxidation sites excluding steroid dienone is 4. The van der Waals surface area contributed by atoms with Gasteiger partial charge in [0.25, 0.3) is 0 Å². The van der Waals surface area contributed by atoms with Gasteiger partial charge in [-0.2, -0.15) is 0 Å². The number of hydrogen-bond acceptors (Lipinski definition) is 0. The molecule has 0 radical (unpaired) electrons. The summed E-state index contributed by atoms with van der Waals surface area (Å²) in [6, 6.07) is 29.8. The summed E-state index contributed by atoms with van der Waals surface area (Å²) in [7, 11) is 0. The molecule has 5 aromatic rings. The average Bonchev–Trinajstić information content (AvgIpc) is 3.68. The van der Waals surface area contributed by atoms with Crippen molar-refractivity contribution in [1.82, 2.24) is 0 Å². The average molecular weight is 499 g/mol. The van der Waals surface area contributed by atoms with Crippen LogP contribution in [0.15, 0.2) is 110 Å². The van der Waals surface area contributed by atoms with Crippen LogP contribution < -0.4 is 0 Å². The van der Waals surface area contributed by atoms with Crippen molar-refractivity contribution in [3.63, 3.8) is 0 Å². The van der Waals surface area contributed by atoms with Crippen molar-refractivity contribution in [3.8, 4) is 22.3 Å². The van der Waals surface area contributed by atoms with E-state index in [9.17, 15) is 0 Å². The zero-order valence-corrected chi connectivity index (χ0v) is 22.3. The summed E-state index contributed by atoms with van der Waals surface area (Å²) in [5.41, 5.74) is 15.1. The topological polar surface area (TPSA) is 0 Å². The van der Waals surface area contributed by atoms with E-state index in [4.69, 9.17) is 0 Å². The van der Waals surface area contributed by atoms with Crippen LogP contribution in [0.25, 0.3) is 61.5 Å². The van der Waals surface area contributed by atoms with Gasteiger partial charge < -0.3 is 0 Å². The highest BCUT2D eigenvalue weighted by Gasteiger charge is 2.46.